The van der Waals surface area contributed by atoms with Gasteiger partial charge in [-0.15, -0.1) is 5.10 Å². The minimum absolute atomic E-state index is 0.248. The van der Waals surface area contributed by atoms with Crippen molar-refractivity contribution >= 4 is 17.9 Å². The van der Waals surface area contributed by atoms with Gasteiger partial charge in [0.25, 0.3) is 11.9 Å². The molecule has 1 rings (SSSR count). The van der Waals surface area contributed by atoms with E-state index < -0.39 is 10.6 Å². The Hall–Kier alpha value is -1.89. The smallest absolute Gasteiger partial charge is 0.344 e. The van der Waals surface area contributed by atoms with Crippen LogP contribution in [-0.4, -0.2) is 55.0 Å². The maximum atomic E-state index is 11.7. The number of aryl methyl sites for hydroxylation is 1. The first-order valence-corrected chi connectivity index (χ1v) is 5.02. The van der Waals surface area contributed by atoms with Crippen molar-refractivity contribution in [2.24, 2.45) is 0 Å². The number of amides is 2. The van der Waals surface area contributed by atoms with Gasteiger partial charge in [-0.3, -0.25) is 0 Å². The average Bonchev–Trinajstić information content (AvgIpc) is 2.59. The van der Waals surface area contributed by atoms with E-state index in [0.29, 0.717) is 5.69 Å². The lowest BCUT2D eigenvalue weighted by molar-refractivity contribution is -0.261. The van der Waals surface area contributed by atoms with E-state index in [0.717, 1.165) is 4.68 Å². The fourth-order valence-corrected chi connectivity index (χ4v) is 1.21. The lowest BCUT2D eigenvalue weighted by Gasteiger charge is -2.25. The largest absolute Gasteiger partial charge is 0.498 e. The number of nitrogens with zero attached hydrogens (tertiary/aromatic N) is 4. The average molecular weight is 240 g/mol. The second-order valence-corrected chi connectivity index (χ2v) is 4.45. The molecule has 0 atom stereocenters. The first kappa shape index (κ1) is 13.2. The van der Waals surface area contributed by atoms with Gasteiger partial charge in [0.1, 0.15) is 0 Å². The molecule has 0 aliphatic carbocycles. The summed E-state index contributed by atoms with van der Waals surface area (Å²) in [5.74, 6) is 0.248. The summed E-state index contributed by atoms with van der Waals surface area (Å²) in [6.07, 6.45) is -1.29. The van der Waals surface area contributed by atoms with Crippen LogP contribution < -0.4 is 9.59 Å². The summed E-state index contributed by atoms with van der Waals surface area (Å²) in [6, 6.07) is 1.23. The molecule has 1 aromatic rings. The SMILES string of the molecule is Cc1cc([N+](C)(C)C(=O)[O-])nn1C(=O)N(C)C. The fraction of sp³-hybridized carbons (Fsp3) is 0.500. The van der Waals surface area contributed by atoms with Gasteiger partial charge in [0, 0.05) is 20.2 Å². The van der Waals surface area contributed by atoms with Gasteiger partial charge in [-0.05, 0) is 6.92 Å². The molecule has 0 bridgehead atoms. The van der Waals surface area contributed by atoms with Crippen molar-refractivity contribution in [2.45, 2.75) is 6.92 Å². The molecule has 2 amide bonds. The molecule has 0 fully saturated rings. The van der Waals surface area contributed by atoms with E-state index in [1.54, 1.807) is 27.1 Å². The summed E-state index contributed by atoms with van der Waals surface area (Å²) in [4.78, 5) is 24.1. The number of hydrogen-bond donors (Lipinski definition) is 0. The summed E-state index contributed by atoms with van der Waals surface area (Å²) < 4.78 is 0.632. The fourth-order valence-electron chi connectivity index (χ4n) is 1.21. The second-order valence-electron chi connectivity index (χ2n) is 4.45. The Morgan fingerprint density at radius 2 is 1.94 bits per heavy atom. The van der Waals surface area contributed by atoms with Crippen molar-refractivity contribution in [2.75, 3.05) is 28.2 Å². The Bertz CT molecular complexity index is 462. The van der Waals surface area contributed by atoms with E-state index in [1.807, 2.05) is 0 Å². The van der Waals surface area contributed by atoms with Crippen molar-refractivity contribution < 1.29 is 14.7 Å². The third-order valence-corrected chi connectivity index (χ3v) is 2.47. The van der Waals surface area contributed by atoms with E-state index in [4.69, 9.17) is 0 Å². The van der Waals surface area contributed by atoms with E-state index in [2.05, 4.69) is 5.10 Å². The normalized spacial score (nSPS) is 11.4. The molecule has 1 aromatic heterocycles. The predicted octanol–water partition coefficient (Wildman–Crippen LogP) is -0.369. The van der Waals surface area contributed by atoms with Crippen LogP contribution in [0.5, 0.6) is 0 Å². The van der Waals surface area contributed by atoms with Crippen LogP contribution in [0, 0.1) is 6.92 Å². The predicted molar refractivity (Wildman–Crippen MR) is 60.5 cm³/mol. The highest BCUT2D eigenvalue weighted by Crippen LogP contribution is 2.18. The number of carbonyl (C=O) groups excluding carboxylic acids is 2. The Morgan fingerprint density at radius 3 is 2.35 bits per heavy atom. The van der Waals surface area contributed by atoms with Gasteiger partial charge in [-0.1, -0.05) is 0 Å². The molecule has 94 valence electrons. The second kappa shape index (κ2) is 4.17. The minimum Gasteiger partial charge on any atom is -0.498 e. The molecular formula is C10H16N4O3. The molecule has 0 aromatic carbocycles. The summed E-state index contributed by atoms with van der Waals surface area (Å²) >= 11 is 0. The molecule has 0 radical (unpaired) electrons. The monoisotopic (exact) mass is 240 g/mol. The van der Waals surface area contributed by atoms with Gasteiger partial charge in [0.2, 0.25) is 0 Å². The molecule has 0 aliphatic rings. The molecule has 7 nitrogen and oxygen atoms in total. The molecule has 0 saturated carbocycles. The lowest BCUT2D eigenvalue weighted by Crippen LogP contribution is -2.54. The Balaban J connectivity index is 3.21. The van der Waals surface area contributed by atoms with Crippen LogP contribution in [0.3, 0.4) is 0 Å². The van der Waals surface area contributed by atoms with Crippen LogP contribution in [0.25, 0.3) is 0 Å². The lowest BCUT2D eigenvalue weighted by atomic mass is 10.4. The maximum Gasteiger partial charge on any atom is 0.344 e. The highest BCUT2D eigenvalue weighted by Gasteiger charge is 2.27. The van der Waals surface area contributed by atoms with Crippen molar-refractivity contribution in [1.29, 1.82) is 0 Å². The highest BCUT2D eigenvalue weighted by molar-refractivity contribution is 5.79. The van der Waals surface area contributed by atoms with Crippen molar-refractivity contribution in [3.8, 4) is 0 Å². The van der Waals surface area contributed by atoms with Crippen LogP contribution in [0.4, 0.5) is 15.4 Å². The topological polar surface area (TPSA) is 78.3 Å². The molecule has 0 saturated heterocycles. The van der Waals surface area contributed by atoms with E-state index in [9.17, 15) is 14.7 Å². The molecule has 17 heavy (non-hydrogen) atoms. The molecule has 0 N–H and O–H groups in total. The summed E-state index contributed by atoms with van der Waals surface area (Å²) in [5, 5.41) is 15.0. The molecule has 0 unspecified atom stereocenters. The zero-order valence-electron chi connectivity index (χ0n) is 10.6. The van der Waals surface area contributed by atoms with Crippen LogP contribution in [0.2, 0.25) is 0 Å². The van der Waals surface area contributed by atoms with Crippen molar-refractivity contribution in [3.63, 3.8) is 0 Å². The van der Waals surface area contributed by atoms with Crippen molar-refractivity contribution in [3.05, 3.63) is 11.8 Å². The third-order valence-electron chi connectivity index (χ3n) is 2.47. The number of quaternary nitrogens is 1. The molecule has 7 heteroatoms. The first-order chi connectivity index (χ1) is 7.67. The van der Waals surface area contributed by atoms with Crippen molar-refractivity contribution in [1.82, 2.24) is 19.2 Å². The molecule has 0 aliphatic heterocycles. The van der Waals surface area contributed by atoms with Gasteiger partial charge in [-0.2, -0.15) is 4.68 Å². The molecule has 1 heterocycles. The first-order valence-electron chi connectivity index (χ1n) is 5.02. The van der Waals surface area contributed by atoms with Gasteiger partial charge in [0.15, 0.2) is 0 Å². The number of rotatable bonds is 1. The third kappa shape index (κ3) is 2.28. The van der Waals surface area contributed by atoms with Crippen LogP contribution in [-0.2, 0) is 0 Å². The molecular weight excluding hydrogens is 224 g/mol. The van der Waals surface area contributed by atoms with Gasteiger partial charge in [-0.25, -0.2) is 9.28 Å². The summed E-state index contributed by atoms with van der Waals surface area (Å²) in [6.45, 7) is 1.69. The van der Waals surface area contributed by atoms with E-state index >= 15 is 0 Å². The summed E-state index contributed by atoms with van der Waals surface area (Å²) in [7, 11) is 6.06. The standard InChI is InChI=1S/C10H16N4O3/c1-7-6-8(14(4,5)10(16)17)11-13(7)9(15)12(2)3/h6H,1-5H3. The van der Waals surface area contributed by atoms with E-state index in [1.165, 1.54) is 19.0 Å². The van der Waals surface area contributed by atoms with Crippen LogP contribution in [0.15, 0.2) is 6.07 Å². The number of carbonyl (C=O) groups is 2. The van der Waals surface area contributed by atoms with Gasteiger partial charge < -0.3 is 14.8 Å². The Kier molecular flexibility index (Phi) is 3.23. The van der Waals surface area contributed by atoms with E-state index in [-0.39, 0.29) is 11.8 Å². The number of aromatic nitrogens is 2. The Labute approximate surface area is 99.4 Å². The molecule has 0 spiro atoms. The maximum absolute atomic E-state index is 11.7. The zero-order chi connectivity index (χ0) is 13.4. The minimum atomic E-state index is -1.29. The van der Waals surface area contributed by atoms with Crippen LogP contribution in [0.1, 0.15) is 5.69 Å². The number of carboxylic acid groups (broad SMARTS) is 1. The highest BCUT2D eigenvalue weighted by atomic mass is 16.4. The van der Waals surface area contributed by atoms with Gasteiger partial charge in [0.05, 0.1) is 19.8 Å². The zero-order valence-corrected chi connectivity index (χ0v) is 10.6. The van der Waals surface area contributed by atoms with Gasteiger partial charge >= 0.3 is 6.03 Å². The Morgan fingerprint density at radius 1 is 1.41 bits per heavy atom. The summed E-state index contributed by atoms with van der Waals surface area (Å²) in [5.41, 5.74) is 0.575. The number of hydrogen-bond acceptors (Lipinski definition) is 4. The quantitative estimate of drug-likeness (QED) is 0.627. The van der Waals surface area contributed by atoms with Crippen LogP contribution >= 0.6 is 0 Å².